The van der Waals surface area contributed by atoms with Crippen LogP contribution in [0, 0.1) is 0 Å². The summed E-state index contributed by atoms with van der Waals surface area (Å²) < 4.78 is 5.45. The van der Waals surface area contributed by atoms with Gasteiger partial charge in [0.05, 0.1) is 24.6 Å². The molecule has 1 aliphatic heterocycles. The number of hydrogen-bond donors (Lipinski definition) is 1. The first-order valence-corrected chi connectivity index (χ1v) is 7.93. The smallest absolute Gasteiger partial charge is 0.278 e. The standard InChI is InChI=1S/C18H17ClN2O3/c1-21-15-8-7-13(19)11-14(15)16(12-5-3-2-4-6-12)20-17(18(21)23)24-10-9-22/h2-8,11,17,22H,9-10H2,1H3. The molecule has 1 heterocycles. The van der Waals surface area contributed by atoms with Crippen molar-refractivity contribution in [3.05, 3.63) is 64.7 Å². The van der Waals surface area contributed by atoms with E-state index in [0.29, 0.717) is 16.4 Å². The zero-order chi connectivity index (χ0) is 17.1. The quantitative estimate of drug-likeness (QED) is 0.927. The first kappa shape index (κ1) is 16.6. The van der Waals surface area contributed by atoms with Crippen molar-refractivity contribution >= 4 is 28.9 Å². The van der Waals surface area contributed by atoms with Gasteiger partial charge in [-0.15, -0.1) is 0 Å². The van der Waals surface area contributed by atoms with Gasteiger partial charge in [0.15, 0.2) is 0 Å². The maximum atomic E-state index is 12.7. The molecule has 6 heteroatoms. The van der Waals surface area contributed by atoms with Gasteiger partial charge >= 0.3 is 0 Å². The van der Waals surface area contributed by atoms with Crippen LogP contribution in [0.4, 0.5) is 5.69 Å². The molecular formula is C18H17ClN2O3. The lowest BCUT2D eigenvalue weighted by Gasteiger charge is -2.20. The third-order valence-corrected chi connectivity index (χ3v) is 4.01. The van der Waals surface area contributed by atoms with E-state index in [2.05, 4.69) is 4.99 Å². The van der Waals surface area contributed by atoms with Gasteiger partial charge in [0.2, 0.25) is 6.23 Å². The number of hydrogen-bond acceptors (Lipinski definition) is 4. The van der Waals surface area contributed by atoms with E-state index in [0.717, 1.165) is 11.1 Å². The van der Waals surface area contributed by atoms with Crippen LogP contribution in [0.1, 0.15) is 11.1 Å². The van der Waals surface area contributed by atoms with Crippen molar-refractivity contribution in [2.24, 2.45) is 4.99 Å². The van der Waals surface area contributed by atoms with Crippen molar-refractivity contribution in [2.75, 3.05) is 25.2 Å². The molecule has 1 aliphatic rings. The number of fused-ring (bicyclic) bond motifs is 1. The van der Waals surface area contributed by atoms with Crippen LogP contribution in [0.5, 0.6) is 0 Å². The van der Waals surface area contributed by atoms with Crippen LogP contribution in [0.3, 0.4) is 0 Å². The number of carbonyl (C=O) groups excluding carboxylic acids is 1. The second-order valence-corrected chi connectivity index (χ2v) is 5.79. The highest BCUT2D eigenvalue weighted by Crippen LogP contribution is 2.30. The molecule has 24 heavy (non-hydrogen) atoms. The Morgan fingerprint density at radius 2 is 2.00 bits per heavy atom. The Labute approximate surface area is 145 Å². The lowest BCUT2D eigenvalue weighted by atomic mass is 10.0. The van der Waals surface area contributed by atoms with Crippen LogP contribution in [-0.2, 0) is 9.53 Å². The second kappa shape index (κ2) is 7.13. The van der Waals surface area contributed by atoms with E-state index in [9.17, 15) is 4.79 Å². The SMILES string of the molecule is CN1C(=O)C(OCCO)N=C(c2ccccc2)c2cc(Cl)ccc21. The molecule has 2 aromatic carbocycles. The van der Waals surface area contributed by atoms with Gasteiger partial charge in [-0.3, -0.25) is 4.79 Å². The Hall–Kier alpha value is -2.21. The maximum absolute atomic E-state index is 12.7. The van der Waals surface area contributed by atoms with Gasteiger partial charge < -0.3 is 14.7 Å². The van der Waals surface area contributed by atoms with E-state index in [4.69, 9.17) is 21.4 Å². The summed E-state index contributed by atoms with van der Waals surface area (Å²) in [7, 11) is 1.67. The molecule has 2 aromatic rings. The highest BCUT2D eigenvalue weighted by atomic mass is 35.5. The molecule has 0 saturated heterocycles. The van der Waals surface area contributed by atoms with Crippen molar-refractivity contribution in [3.63, 3.8) is 0 Å². The summed E-state index contributed by atoms with van der Waals surface area (Å²) in [5.41, 5.74) is 2.97. The topological polar surface area (TPSA) is 62.1 Å². The molecule has 1 N–H and O–H groups in total. The highest BCUT2D eigenvalue weighted by molar-refractivity contribution is 6.32. The summed E-state index contributed by atoms with van der Waals surface area (Å²) >= 11 is 6.16. The minimum absolute atomic E-state index is 0.0346. The Kier molecular flexibility index (Phi) is 4.94. The van der Waals surface area contributed by atoms with E-state index in [1.54, 1.807) is 25.2 Å². The Balaban J connectivity index is 2.18. The molecule has 0 radical (unpaired) electrons. The van der Waals surface area contributed by atoms with Crippen LogP contribution in [-0.4, -0.2) is 43.2 Å². The second-order valence-electron chi connectivity index (χ2n) is 5.35. The largest absolute Gasteiger partial charge is 0.394 e. The molecular weight excluding hydrogens is 328 g/mol. The molecule has 0 saturated carbocycles. The molecule has 0 aliphatic carbocycles. The molecule has 1 unspecified atom stereocenters. The van der Waals surface area contributed by atoms with Crippen molar-refractivity contribution < 1.29 is 14.6 Å². The molecule has 124 valence electrons. The summed E-state index contributed by atoms with van der Waals surface area (Å²) in [6, 6.07) is 14.9. The molecule has 0 fully saturated rings. The number of aliphatic imine (C=N–C) groups is 1. The van der Waals surface area contributed by atoms with Crippen LogP contribution >= 0.6 is 11.6 Å². The third kappa shape index (κ3) is 3.19. The lowest BCUT2D eigenvalue weighted by Crippen LogP contribution is -2.36. The first-order chi connectivity index (χ1) is 11.6. The zero-order valence-electron chi connectivity index (χ0n) is 13.1. The van der Waals surface area contributed by atoms with Crippen LogP contribution in [0.25, 0.3) is 0 Å². The molecule has 0 bridgehead atoms. The lowest BCUT2D eigenvalue weighted by molar-refractivity contribution is -0.129. The molecule has 0 spiro atoms. The average Bonchev–Trinajstić information content (AvgIpc) is 2.70. The summed E-state index contributed by atoms with van der Waals surface area (Å²) in [6.45, 7) is -0.143. The number of anilines is 1. The van der Waals surface area contributed by atoms with Gasteiger partial charge in [0, 0.05) is 23.2 Å². The van der Waals surface area contributed by atoms with Crippen molar-refractivity contribution in [3.8, 4) is 0 Å². The van der Waals surface area contributed by atoms with Gasteiger partial charge in [-0.1, -0.05) is 41.9 Å². The zero-order valence-corrected chi connectivity index (χ0v) is 13.9. The number of ether oxygens (including phenoxy) is 1. The summed E-state index contributed by atoms with van der Waals surface area (Å²) in [5, 5.41) is 9.56. The van der Waals surface area contributed by atoms with Gasteiger partial charge in [0.1, 0.15) is 0 Å². The monoisotopic (exact) mass is 344 g/mol. The van der Waals surface area contributed by atoms with E-state index >= 15 is 0 Å². The number of aliphatic hydroxyl groups is 1. The van der Waals surface area contributed by atoms with Gasteiger partial charge in [-0.25, -0.2) is 4.99 Å². The predicted octanol–water partition coefficient (Wildman–Crippen LogP) is 2.49. The van der Waals surface area contributed by atoms with Crippen molar-refractivity contribution in [2.45, 2.75) is 6.23 Å². The maximum Gasteiger partial charge on any atom is 0.278 e. The van der Waals surface area contributed by atoms with Crippen molar-refractivity contribution in [1.82, 2.24) is 0 Å². The van der Waals surface area contributed by atoms with E-state index < -0.39 is 6.23 Å². The average molecular weight is 345 g/mol. The Bertz CT molecular complexity index is 777. The molecule has 3 rings (SSSR count). The molecule has 5 nitrogen and oxygen atoms in total. The number of nitrogens with zero attached hydrogens (tertiary/aromatic N) is 2. The summed E-state index contributed by atoms with van der Waals surface area (Å²) in [4.78, 5) is 18.7. The number of rotatable bonds is 4. The number of benzene rings is 2. The van der Waals surface area contributed by atoms with E-state index in [1.165, 1.54) is 4.90 Å². The molecule has 1 atom stereocenters. The normalized spacial score (nSPS) is 17.3. The number of carbonyl (C=O) groups is 1. The number of aliphatic hydroxyl groups excluding tert-OH is 1. The third-order valence-electron chi connectivity index (χ3n) is 3.78. The fourth-order valence-electron chi connectivity index (χ4n) is 2.62. The Morgan fingerprint density at radius 1 is 1.25 bits per heavy atom. The predicted molar refractivity (Wildman–Crippen MR) is 93.8 cm³/mol. The van der Waals surface area contributed by atoms with Gasteiger partial charge in [0.25, 0.3) is 5.91 Å². The number of amides is 1. The number of benzodiazepines with no additional fused rings is 1. The fourth-order valence-corrected chi connectivity index (χ4v) is 2.79. The fraction of sp³-hybridized carbons (Fsp3) is 0.222. The van der Waals surface area contributed by atoms with Crippen LogP contribution < -0.4 is 4.90 Å². The van der Waals surface area contributed by atoms with Gasteiger partial charge in [-0.2, -0.15) is 0 Å². The van der Waals surface area contributed by atoms with Crippen molar-refractivity contribution in [1.29, 1.82) is 0 Å². The minimum Gasteiger partial charge on any atom is -0.394 e. The molecule has 1 amide bonds. The minimum atomic E-state index is -1.01. The number of likely N-dealkylation sites (N-methyl/N-ethyl adjacent to an activating group) is 1. The summed E-state index contributed by atoms with van der Waals surface area (Å²) in [5.74, 6) is -0.294. The van der Waals surface area contributed by atoms with Gasteiger partial charge in [-0.05, 0) is 18.2 Å². The van der Waals surface area contributed by atoms with Crippen LogP contribution in [0.15, 0.2) is 53.5 Å². The first-order valence-electron chi connectivity index (χ1n) is 7.55. The highest BCUT2D eigenvalue weighted by Gasteiger charge is 2.30. The van der Waals surface area contributed by atoms with Crippen LogP contribution in [0.2, 0.25) is 5.02 Å². The Morgan fingerprint density at radius 3 is 2.71 bits per heavy atom. The number of halogens is 1. The molecule has 0 aromatic heterocycles. The summed E-state index contributed by atoms with van der Waals surface area (Å²) in [6.07, 6.45) is -1.01. The van der Waals surface area contributed by atoms with E-state index in [1.807, 2.05) is 30.3 Å². The van der Waals surface area contributed by atoms with E-state index in [-0.39, 0.29) is 19.1 Å².